The van der Waals surface area contributed by atoms with Crippen LogP contribution in [0, 0.1) is 0 Å². The molecule has 0 heterocycles. The van der Waals surface area contributed by atoms with Gasteiger partial charge < -0.3 is 5.73 Å². The van der Waals surface area contributed by atoms with E-state index in [1.165, 1.54) is 0 Å². The zero-order valence-electron chi connectivity index (χ0n) is 10.0. The highest BCUT2D eigenvalue weighted by atomic mass is 79.9. The fourth-order valence-electron chi connectivity index (χ4n) is 1.48. The number of rotatable bonds is 2. The molecule has 0 bridgehead atoms. The number of nitrogens with zero attached hydrogens (tertiary/aromatic N) is 1. The van der Waals surface area contributed by atoms with Crippen molar-refractivity contribution in [3.63, 3.8) is 0 Å². The quantitative estimate of drug-likeness (QED) is 0.660. The highest BCUT2D eigenvalue weighted by molar-refractivity contribution is 9.10. The number of para-hydroxylation sites is 1. The number of amides is 1. The molecule has 0 fully saturated rings. The molecule has 2 aromatic carbocycles. The molecule has 0 saturated heterocycles. The molecule has 0 saturated carbocycles. The van der Waals surface area contributed by atoms with E-state index in [0.717, 1.165) is 4.47 Å². The van der Waals surface area contributed by atoms with Crippen molar-refractivity contribution < 1.29 is 4.79 Å². The molecule has 0 aromatic heterocycles. The summed E-state index contributed by atoms with van der Waals surface area (Å²) >= 11 is 3.36. The predicted octanol–water partition coefficient (Wildman–Crippen LogP) is 2.83. The van der Waals surface area contributed by atoms with Gasteiger partial charge in [-0.3, -0.25) is 10.1 Å². The third-order valence-electron chi connectivity index (χ3n) is 2.37. The fraction of sp³-hybridized carbons (Fsp3) is 0. The lowest BCUT2D eigenvalue weighted by Crippen LogP contribution is -2.36. The van der Waals surface area contributed by atoms with Gasteiger partial charge in [0.2, 0.25) is 5.96 Å². The monoisotopic (exact) mass is 317 g/mol. The summed E-state index contributed by atoms with van der Waals surface area (Å²) in [5, 5.41) is 2.54. The van der Waals surface area contributed by atoms with E-state index in [1.807, 2.05) is 24.3 Å². The van der Waals surface area contributed by atoms with Crippen LogP contribution in [0.1, 0.15) is 10.4 Å². The molecule has 0 atom stereocenters. The lowest BCUT2D eigenvalue weighted by Gasteiger charge is -2.05. The fourth-order valence-corrected chi connectivity index (χ4v) is 1.85. The second-order valence-electron chi connectivity index (χ2n) is 3.77. The molecular weight excluding hydrogens is 306 g/mol. The number of nitrogens with two attached hydrogens (primary N) is 1. The molecule has 96 valence electrons. The van der Waals surface area contributed by atoms with Crippen molar-refractivity contribution in [2.24, 2.45) is 10.7 Å². The van der Waals surface area contributed by atoms with Gasteiger partial charge in [-0.15, -0.1) is 0 Å². The van der Waals surface area contributed by atoms with Crippen LogP contribution in [0.4, 0.5) is 5.69 Å². The van der Waals surface area contributed by atoms with E-state index in [-0.39, 0.29) is 11.9 Å². The van der Waals surface area contributed by atoms with Crippen LogP contribution in [0.15, 0.2) is 64.1 Å². The summed E-state index contributed by atoms with van der Waals surface area (Å²) in [6, 6.07) is 16.2. The zero-order valence-corrected chi connectivity index (χ0v) is 11.6. The van der Waals surface area contributed by atoms with Crippen LogP contribution in [-0.2, 0) is 0 Å². The Bertz CT molecular complexity index is 611. The highest BCUT2D eigenvalue weighted by Gasteiger charge is 2.06. The van der Waals surface area contributed by atoms with Crippen LogP contribution in [0.2, 0.25) is 0 Å². The summed E-state index contributed by atoms with van der Waals surface area (Å²) < 4.78 is 0.812. The second kappa shape index (κ2) is 6.15. The van der Waals surface area contributed by atoms with Crippen LogP contribution in [0.5, 0.6) is 0 Å². The first-order valence-electron chi connectivity index (χ1n) is 5.62. The maximum absolute atomic E-state index is 11.8. The van der Waals surface area contributed by atoms with Crippen molar-refractivity contribution in [3.05, 3.63) is 64.6 Å². The molecule has 4 nitrogen and oxygen atoms in total. The topological polar surface area (TPSA) is 67.5 Å². The highest BCUT2D eigenvalue weighted by Crippen LogP contribution is 2.23. The zero-order chi connectivity index (χ0) is 13.7. The number of hydrogen-bond acceptors (Lipinski definition) is 2. The number of nitrogens with one attached hydrogen (secondary N) is 1. The predicted molar refractivity (Wildman–Crippen MR) is 79.3 cm³/mol. The van der Waals surface area contributed by atoms with Gasteiger partial charge in [0.25, 0.3) is 5.91 Å². The molecule has 0 unspecified atom stereocenters. The number of aliphatic imine (C=N–C) groups is 1. The van der Waals surface area contributed by atoms with E-state index in [1.54, 1.807) is 30.3 Å². The summed E-state index contributed by atoms with van der Waals surface area (Å²) in [5.41, 5.74) is 6.91. The van der Waals surface area contributed by atoms with Crippen LogP contribution in [-0.4, -0.2) is 11.9 Å². The summed E-state index contributed by atoms with van der Waals surface area (Å²) in [4.78, 5) is 16.0. The van der Waals surface area contributed by atoms with Crippen LogP contribution in [0.3, 0.4) is 0 Å². The van der Waals surface area contributed by atoms with Gasteiger partial charge in [-0.25, -0.2) is 4.99 Å². The number of hydrogen-bond donors (Lipinski definition) is 2. The Morgan fingerprint density at radius 1 is 1.05 bits per heavy atom. The summed E-state index contributed by atoms with van der Waals surface area (Å²) in [7, 11) is 0. The minimum atomic E-state index is -0.283. The van der Waals surface area contributed by atoms with Crippen LogP contribution in [0.25, 0.3) is 0 Å². The molecule has 0 radical (unpaired) electrons. The van der Waals surface area contributed by atoms with Crippen molar-refractivity contribution in [2.45, 2.75) is 0 Å². The molecule has 1 amide bonds. The number of carbonyl (C=O) groups excluding carboxylic acids is 1. The first-order chi connectivity index (χ1) is 9.16. The molecular formula is C14H12BrN3O. The molecule has 0 spiro atoms. The Kier molecular flexibility index (Phi) is 4.30. The van der Waals surface area contributed by atoms with Gasteiger partial charge in [0, 0.05) is 10.0 Å². The van der Waals surface area contributed by atoms with Gasteiger partial charge >= 0.3 is 0 Å². The van der Waals surface area contributed by atoms with E-state index in [0.29, 0.717) is 11.3 Å². The molecule has 2 rings (SSSR count). The molecule has 0 aliphatic carbocycles. The average molecular weight is 318 g/mol. The smallest absolute Gasteiger partial charge is 0.257 e. The molecule has 0 aliphatic heterocycles. The van der Waals surface area contributed by atoms with Gasteiger partial charge in [-0.05, 0) is 40.2 Å². The summed E-state index contributed by atoms with van der Waals surface area (Å²) in [5.74, 6) is -0.227. The van der Waals surface area contributed by atoms with Gasteiger partial charge in [-0.1, -0.05) is 30.3 Å². The Labute approximate surface area is 119 Å². The molecule has 0 aliphatic rings. The third-order valence-corrected chi connectivity index (χ3v) is 3.04. The van der Waals surface area contributed by atoms with Gasteiger partial charge in [0.05, 0.1) is 5.69 Å². The van der Waals surface area contributed by atoms with E-state index in [9.17, 15) is 4.79 Å². The van der Waals surface area contributed by atoms with Crippen molar-refractivity contribution in [3.8, 4) is 0 Å². The normalized spacial score (nSPS) is 11.1. The maximum atomic E-state index is 11.8. The SMILES string of the molecule is NC(=Nc1ccccc1Br)NC(=O)c1ccccc1. The standard InChI is InChI=1S/C14H12BrN3O/c15-11-8-4-5-9-12(11)17-14(16)18-13(19)10-6-2-1-3-7-10/h1-9H,(H3,16,17,18,19). The van der Waals surface area contributed by atoms with E-state index >= 15 is 0 Å². The molecule has 3 N–H and O–H groups in total. The second-order valence-corrected chi connectivity index (χ2v) is 4.62. The molecule has 2 aromatic rings. The van der Waals surface area contributed by atoms with E-state index in [4.69, 9.17) is 5.73 Å². The van der Waals surface area contributed by atoms with Crippen LogP contribution < -0.4 is 11.1 Å². The van der Waals surface area contributed by atoms with Crippen molar-refractivity contribution in [1.29, 1.82) is 0 Å². The Morgan fingerprint density at radius 2 is 1.68 bits per heavy atom. The van der Waals surface area contributed by atoms with Gasteiger partial charge in [0.1, 0.15) is 0 Å². The molecule has 5 heteroatoms. The number of halogens is 1. The lowest BCUT2D eigenvalue weighted by molar-refractivity contribution is 0.0976. The third kappa shape index (κ3) is 3.66. The maximum Gasteiger partial charge on any atom is 0.257 e. The van der Waals surface area contributed by atoms with E-state index in [2.05, 4.69) is 26.2 Å². The Balaban J connectivity index is 2.12. The lowest BCUT2D eigenvalue weighted by atomic mass is 10.2. The largest absolute Gasteiger partial charge is 0.369 e. The average Bonchev–Trinajstić information content (AvgIpc) is 2.42. The Hall–Kier alpha value is -2.14. The number of benzene rings is 2. The summed E-state index contributed by atoms with van der Waals surface area (Å²) in [6.07, 6.45) is 0. The number of carbonyl (C=O) groups is 1. The Morgan fingerprint density at radius 3 is 2.37 bits per heavy atom. The van der Waals surface area contributed by atoms with E-state index < -0.39 is 0 Å². The number of guanidine groups is 1. The summed E-state index contributed by atoms with van der Waals surface area (Å²) in [6.45, 7) is 0. The van der Waals surface area contributed by atoms with Gasteiger partial charge in [0.15, 0.2) is 0 Å². The van der Waals surface area contributed by atoms with Crippen LogP contribution >= 0.6 is 15.9 Å². The minimum Gasteiger partial charge on any atom is -0.369 e. The van der Waals surface area contributed by atoms with Crippen molar-refractivity contribution >= 4 is 33.5 Å². The first kappa shape index (κ1) is 13.3. The minimum absolute atomic E-state index is 0.0563. The van der Waals surface area contributed by atoms with Crippen molar-refractivity contribution in [1.82, 2.24) is 5.32 Å². The molecule has 19 heavy (non-hydrogen) atoms. The van der Waals surface area contributed by atoms with Crippen molar-refractivity contribution in [2.75, 3.05) is 0 Å². The van der Waals surface area contributed by atoms with Gasteiger partial charge in [-0.2, -0.15) is 0 Å². The first-order valence-corrected chi connectivity index (χ1v) is 6.41.